The first-order valence-electron chi connectivity index (χ1n) is 7.82. The number of rotatable bonds is 4. The van der Waals surface area contributed by atoms with Crippen molar-refractivity contribution in [2.75, 3.05) is 6.54 Å². The van der Waals surface area contributed by atoms with Gasteiger partial charge in [0.2, 0.25) is 11.5 Å². The van der Waals surface area contributed by atoms with Crippen molar-refractivity contribution in [3.05, 3.63) is 70.1 Å². The molecule has 124 valence electrons. The molecule has 0 aliphatic carbocycles. The molecule has 0 spiro atoms. The number of pyridine rings is 1. The number of benzene rings is 1. The van der Waals surface area contributed by atoms with Crippen LogP contribution in [0, 0.1) is 0 Å². The lowest BCUT2D eigenvalue weighted by atomic mass is 10.2. The van der Waals surface area contributed by atoms with Crippen molar-refractivity contribution in [3.8, 4) is 0 Å². The predicted octanol–water partition coefficient (Wildman–Crippen LogP) is 0.916. The first-order valence-corrected chi connectivity index (χ1v) is 7.82. The maximum absolute atomic E-state index is 12.3. The molecule has 1 aromatic carbocycles. The molecule has 1 N–H and O–H groups in total. The molecule has 1 saturated heterocycles. The van der Waals surface area contributed by atoms with Crippen molar-refractivity contribution in [3.63, 3.8) is 0 Å². The van der Waals surface area contributed by atoms with E-state index in [-0.39, 0.29) is 23.4 Å². The normalized spacial score (nSPS) is 17.1. The summed E-state index contributed by atoms with van der Waals surface area (Å²) in [5.41, 5.74) is 1.30. The molecule has 0 bridgehead atoms. The number of aryl methyl sites for hydroxylation is 1. The topological polar surface area (TPSA) is 71.4 Å². The fraction of sp³-hybridized carbons (Fsp3) is 0.278. The Morgan fingerprint density at radius 3 is 2.62 bits per heavy atom. The van der Waals surface area contributed by atoms with E-state index in [4.69, 9.17) is 0 Å². The van der Waals surface area contributed by atoms with Crippen LogP contribution in [-0.2, 0) is 18.4 Å². The number of hydrogen-bond donors (Lipinski definition) is 1. The number of amides is 2. The number of carbonyl (C=O) groups excluding carboxylic acids is 2. The smallest absolute Gasteiger partial charge is 0.253 e. The summed E-state index contributed by atoms with van der Waals surface area (Å²) in [5.74, 6) is -0.241. The van der Waals surface area contributed by atoms with Crippen LogP contribution in [0.2, 0.25) is 0 Å². The van der Waals surface area contributed by atoms with Gasteiger partial charge in [0.25, 0.3) is 5.91 Å². The molecule has 1 aliphatic rings. The van der Waals surface area contributed by atoms with Gasteiger partial charge in [-0.2, -0.15) is 0 Å². The van der Waals surface area contributed by atoms with Crippen molar-refractivity contribution in [2.45, 2.75) is 19.0 Å². The molecule has 3 rings (SSSR count). The standard InChI is InChI=1S/C18H19N3O3/c1-20-11-14(7-8-16(20)22)18(24)19-15-9-17(23)21(12-15)10-13-5-3-2-4-6-13/h2-8,11,15H,9-10,12H2,1H3,(H,19,24)/t15-/m0/s1. The highest BCUT2D eigenvalue weighted by atomic mass is 16.2. The van der Waals surface area contributed by atoms with E-state index in [2.05, 4.69) is 5.32 Å². The lowest BCUT2D eigenvalue weighted by Gasteiger charge is -2.17. The zero-order valence-electron chi connectivity index (χ0n) is 13.4. The minimum Gasteiger partial charge on any atom is -0.347 e. The van der Waals surface area contributed by atoms with Crippen molar-refractivity contribution >= 4 is 11.8 Å². The van der Waals surface area contributed by atoms with Crippen LogP contribution in [-0.4, -0.2) is 33.9 Å². The molecule has 6 heteroatoms. The molecule has 0 saturated carbocycles. The lowest BCUT2D eigenvalue weighted by Crippen LogP contribution is -2.37. The summed E-state index contributed by atoms with van der Waals surface area (Å²) < 4.78 is 1.36. The Bertz CT molecular complexity index is 814. The molecular weight excluding hydrogens is 306 g/mol. The van der Waals surface area contributed by atoms with E-state index in [1.807, 2.05) is 30.3 Å². The molecule has 2 heterocycles. The van der Waals surface area contributed by atoms with E-state index >= 15 is 0 Å². The van der Waals surface area contributed by atoms with E-state index in [1.54, 1.807) is 11.9 Å². The van der Waals surface area contributed by atoms with Crippen LogP contribution in [0.3, 0.4) is 0 Å². The first-order chi connectivity index (χ1) is 11.5. The van der Waals surface area contributed by atoms with Crippen LogP contribution in [0.4, 0.5) is 0 Å². The van der Waals surface area contributed by atoms with E-state index in [1.165, 1.54) is 22.9 Å². The van der Waals surface area contributed by atoms with Crippen molar-refractivity contribution in [1.29, 1.82) is 0 Å². The summed E-state index contributed by atoms with van der Waals surface area (Å²) in [5, 5.41) is 2.87. The van der Waals surface area contributed by atoms with Gasteiger partial charge >= 0.3 is 0 Å². The molecule has 1 aromatic heterocycles. The molecular formula is C18H19N3O3. The number of hydrogen-bond acceptors (Lipinski definition) is 3. The fourth-order valence-electron chi connectivity index (χ4n) is 2.82. The van der Waals surface area contributed by atoms with Crippen LogP contribution in [0.25, 0.3) is 0 Å². The van der Waals surface area contributed by atoms with Gasteiger partial charge < -0.3 is 14.8 Å². The third-order valence-corrected chi connectivity index (χ3v) is 4.11. The maximum Gasteiger partial charge on any atom is 0.253 e. The molecule has 24 heavy (non-hydrogen) atoms. The minimum atomic E-state index is -0.273. The Morgan fingerprint density at radius 1 is 1.17 bits per heavy atom. The van der Waals surface area contributed by atoms with E-state index in [0.717, 1.165) is 5.56 Å². The fourth-order valence-corrected chi connectivity index (χ4v) is 2.82. The zero-order valence-corrected chi connectivity index (χ0v) is 13.4. The average molecular weight is 325 g/mol. The molecule has 2 amide bonds. The molecule has 1 aliphatic heterocycles. The highest BCUT2D eigenvalue weighted by molar-refractivity contribution is 5.94. The van der Waals surface area contributed by atoms with Gasteiger partial charge in [-0.15, -0.1) is 0 Å². The second-order valence-corrected chi connectivity index (χ2v) is 6.00. The summed E-state index contributed by atoms with van der Waals surface area (Å²) in [6, 6.07) is 12.4. The summed E-state index contributed by atoms with van der Waals surface area (Å²) in [6.07, 6.45) is 1.79. The third-order valence-electron chi connectivity index (χ3n) is 4.11. The van der Waals surface area contributed by atoms with E-state index in [0.29, 0.717) is 25.1 Å². The number of carbonyl (C=O) groups is 2. The monoisotopic (exact) mass is 325 g/mol. The van der Waals surface area contributed by atoms with Crippen molar-refractivity contribution in [2.24, 2.45) is 7.05 Å². The van der Waals surface area contributed by atoms with Gasteiger partial charge in [-0.25, -0.2) is 0 Å². The molecule has 0 radical (unpaired) electrons. The quantitative estimate of drug-likeness (QED) is 0.908. The Labute approximate surface area is 139 Å². The molecule has 1 fully saturated rings. The van der Waals surface area contributed by atoms with Crippen molar-refractivity contribution < 1.29 is 9.59 Å². The zero-order chi connectivity index (χ0) is 17.1. The second-order valence-electron chi connectivity index (χ2n) is 6.00. The second kappa shape index (κ2) is 6.70. The Morgan fingerprint density at radius 2 is 1.92 bits per heavy atom. The number of likely N-dealkylation sites (tertiary alicyclic amines) is 1. The SMILES string of the molecule is Cn1cc(C(=O)N[C@H]2CC(=O)N(Cc3ccccc3)C2)ccc1=O. The van der Waals surface area contributed by atoms with Crippen LogP contribution >= 0.6 is 0 Å². The summed E-state index contributed by atoms with van der Waals surface area (Å²) in [6.45, 7) is 1.04. The maximum atomic E-state index is 12.3. The highest BCUT2D eigenvalue weighted by Crippen LogP contribution is 2.15. The first kappa shape index (κ1) is 16.0. The third kappa shape index (κ3) is 3.53. The minimum absolute atomic E-state index is 0.0321. The van der Waals surface area contributed by atoms with Gasteiger partial charge in [0.15, 0.2) is 0 Å². The lowest BCUT2D eigenvalue weighted by molar-refractivity contribution is -0.128. The van der Waals surface area contributed by atoms with Crippen LogP contribution in [0.15, 0.2) is 53.5 Å². The molecule has 2 aromatic rings. The Balaban J connectivity index is 1.62. The molecule has 0 unspecified atom stereocenters. The molecule has 6 nitrogen and oxygen atoms in total. The van der Waals surface area contributed by atoms with Crippen molar-refractivity contribution in [1.82, 2.24) is 14.8 Å². The highest BCUT2D eigenvalue weighted by Gasteiger charge is 2.30. The van der Waals surface area contributed by atoms with Gasteiger partial charge in [-0.05, 0) is 11.6 Å². The van der Waals surface area contributed by atoms with E-state index in [9.17, 15) is 14.4 Å². The number of aromatic nitrogens is 1. The average Bonchev–Trinajstić information content (AvgIpc) is 2.90. The van der Waals surface area contributed by atoms with Crippen LogP contribution in [0.5, 0.6) is 0 Å². The Kier molecular flexibility index (Phi) is 4.46. The summed E-state index contributed by atoms with van der Waals surface area (Å²) >= 11 is 0. The van der Waals surface area contributed by atoms with Gasteiger partial charge in [0.1, 0.15) is 0 Å². The van der Waals surface area contributed by atoms with Crippen LogP contribution < -0.4 is 10.9 Å². The molecule has 1 atom stereocenters. The van der Waals surface area contributed by atoms with Gasteiger partial charge in [0.05, 0.1) is 11.6 Å². The van der Waals surface area contributed by atoms with E-state index < -0.39 is 0 Å². The number of nitrogens with one attached hydrogen (secondary N) is 1. The van der Waals surface area contributed by atoms with Gasteiger partial charge in [-0.1, -0.05) is 30.3 Å². The summed E-state index contributed by atoms with van der Waals surface area (Å²) in [7, 11) is 1.60. The number of nitrogens with zero attached hydrogens (tertiary/aromatic N) is 2. The largest absolute Gasteiger partial charge is 0.347 e. The van der Waals surface area contributed by atoms with Gasteiger partial charge in [0, 0.05) is 38.8 Å². The summed E-state index contributed by atoms with van der Waals surface area (Å²) in [4.78, 5) is 37.5. The van der Waals surface area contributed by atoms with Crippen LogP contribution in [0.1, 0.15) is 22.3 Å². The Hall–Kier alpha value is -2.89. The van der Waals surface area contributed by atoms with Gasteiger partial charge in [-0.3, -0.25) is 14.4 Å². The predicted molar refractivity (Wildman–Crippen MR) is 89.4 cm³/mol.